The minimum Gasteiger partial charge on any atom is -0.380 e. The Morgan fingerprint density at radius 1 is 1.16 bits per heavy atom. The van der Waals surface area contributed by atoms with Crippen LogP contribution < -0.4 is 5.32 Å². The number of nitrogens with one attached hydrogen (secondary N) is 1. The molecule has 1 N–H and O–H groups in total. The third-order valence-electron chi connectivity index (χ3n) is 2.57. The molecule has 2 rings (SSSR count). The van der Waals surface area contributed by atoms with Crippen molar-refractivity contribution in [3.05, 3.63) is 62.0 Å². The monoisotopic (exact) mass is 354 g/mol. The van der Waals surface area contributed by atoms with Crippen LogP contribution in [0.3, 0.4) is 0 Å². The highest BCUT2D eigenvalue weighted by atomic mass is 79.9. The van der Waals surface area contributed by atoms with E-state index >= 15 is 0 Å². The second-order valence-corrected chi connectivity index (χ2v) is 5.50. The second kappa shape index (κ2) is 6.29. The van der Waals surface area contributed by atoms with Crippen molar-refractivity contribution in [3.63, 3.8) is 0 Å². The number of halogens is 3. The van der Waals surface area contributed by atoms with Crippen molar-refractivity contribution in [1.82, 2.24) is 0 Å². The summed E-state index contributed by atoms with van der Waals surface area (Å²) in [6.07, 6.45) is 0. The van der Waals surface area contributed by atoms with Gasteiger partial charge in [-0.3, -0.25) is 0 Å². The third-order valence-corrected chi connectivity index (χ3v) is 4.35. The van der Waals surface area contributed by atoms with Crippen molar-refractivity contribution < 1.29 is 0 Å². The number of hydrogen-bond donors (Lipinski definition) is 1. The molecular formula is C14H9BrCl2N2. The van der Waals surface area contributed by atoms with Crippen LogP contribution in [-0.2, 0) is 6.54 Å². The van der Waals surface area contributed by atoms with Crippen molar-refractivity contribution in [2.24, 2.45) is 0 Å². The Hall–Kier alpha value is -1.21. The molecule has 0 unspecified atom stereocenters. The summed E-state index contributed by atoms with van der Waals surface area (Å²) < 4.78 is 0.760. The summed E-state index contributed by atoms with van der Waals surface area (Å²) in [6, 6.07) is 13.2. The minimum absolute atomic E-state index is 0.479. The Labute approximate surface area is 130 Å². The molecule has 0 saturated carbocycles. The lowest BCUT2D eigenvalue weighted by molar-refractivity contribution is 1.15. The summed E-state index contributed by atoms with van der Waals surface area (Å²) in [6.45, 7) is 0.577. The van der Waals surface area contributed by atoms with Gasteiger partial charge in [-0.05, 0) is 45.8 Å². The normalized spacial score (nSPS) is 10.0. The average Bonchev–Trinajstić information content (AvgIpc) is 2.44. The van der Waals surface area contributed by atoms with E-state index in [4.69, 9.17) is 28.5 Å². The van der Waals surface area contributed by atoms with E-state index in [-0.39, 0.29) is 0 Å². The predicted molar refractivity (Wildman–Crippen MR) is 82.6 cm³/mol. The van der Waals surface area contributed by atoms with Gasteiger partial charge in [-0.15, -0.1) is 0 Å². The quantitative estimate of drug-likeness (QED) is 0.764. The minimum atomic E-state index is 0.479. The lowest BCUT2D eigenvalue weighted by Crippen LogP contribution is -2.00. The molecule has 2 aromatic rings. The molecular weight excluding hydrogens is 347 g/mol. The molecule has 0 amide bonds. The topological polar surface area (TPSA) is 35.8 Å². The molecule has 2 nitrogen and oxygen atoms in total. The van der Waals surface area contributed by atoms with Crippen LogP contribution in [0.25, 0.3) is 0 Å². The Morgan fingerprint density at radius 2 is 1.95 bits per heavy atom. The van der Waals surface area contributed by atoms with Gasteiger partial charge in [0.25, 0.3) is 0 Å². The summed E-state index contributed by atoms with van der Waals surface area (Å²) in [7, 11) is 0. The first-order valence-corrected chi connectivity index (χ1v) is 7.03. The average molecular weight is 356 g/mol. The molecule has 0 spiro atoms. The van der Waals surface area contributed by atoms with Gasteiger partial charge in [0.2, 0.25) is 0 Å². The molecule has 2 aromatic carbocycles. The van der Waals surface area contributed by atoms with Crippen molar-refractivity contribution in [3.8, 4) is 6.07 Å². The largest absolute Gasteiger partial charge is 0.380 e. The van der Waals surface area contributed by atoms with Crippen LogP contribution in [0.5, 0.6) is 0 Å². The zero-order chi connectivity index (χ0) is 13.8. The highest BCUT2D eigenvalue weighted by Crippen LogP contribution is 2.35. The number of rotatable bonds is 3. The van der Waals surface area contributed by atoms with Crippen molar-refractivity contribution in [1.29, 1.82) is 5.26 Å². The van der Waals surface area contributed by atoms with E-state index in [1.807, 2.05) is 30.3 Å². The van der Waals surface area contributed by atoms with Crippen LogP contribution >= 0.6 is 39.1 Å². The highest BCUT2D eigenvalue weighted by molar-refractivity contribution is 9.10. The molecule has 0 aromatic heterocycles. The van der Waals surface area contributed by atoms with Crippen LogP contribution in [0.2, 0.25) is 10.0 Å². The van der Waals surface area contributed by atoms with Crippen LogP contribution in [0.1, 0.15) is 11.1 Å². The van der Waals surface area contributed by atoms with Crippen LogP contribution in [0, 0.1) is 11.3 Å². The fraction of sp³-hybridized carbons (Fsp3) is 0.0714. The smallest absolute Gasteiger partial charge is 0.0991 e. The first-order valence-electron chi connectivity index (χ1n) is 5.48. The van der Waals surface area contributed by atoms with E-state index in [0.29, 0.717) is 22.2 Å². The molecule has 96 valence electrons. The summed E-state index contributed by atoms with van der Waals surface area (Å²) in [4.78, 5) is 0. The second-order valence-electron chi connectivity index (χ2n) is 3.89. The molecule has 0 radical (unpaired) electrons. The molecule has 0 aliphatic heterocycles. The van der Waals surface area contributed by atoms with Gasteiger partial charge >= 0.3 is 0 Å². The molecule has 19 heavy (non-hydrogen) atoms. The van der Waals surface area contributed by atoms with E-state index in [2.05, 4.69) is 27.3 Å². The number of nitriles is 1. The molecule has 0 heterocycles. The van der Waals surface area contributed by atoms with E-state index < -0.39 is 0 Å². The van der Waals surface area contributed by atoms with Gasteiger partial charge in [-0.2, -0.15) is 5.26 Å². The fourth-order valence-electron chi connectivity index (χ4n) is 1.61. The molecule has 0 fully saturated rings. The van der Waals surface area contributed by atoms with Gasteiger partial charge in [-0.1, -0.05) is 35.3 Å². The number of benzene rings is 2. The number of anilines is 1. The van der Waals surface area contributed by atoms with E-state index in [9.17, 15) is 0 Å². The zero-order valence-corrected chi connectivity index (χ0v) is 12.9. The standard InChI is InChI=1S/C14H9BrCl2N2/c15-11-4-5-12(14(17)13(11)16)19-8-10-3-1-2-9(6-10)7-18/h1-6,19H,8H2. The molecule has 0 bridgehead atoms. The number of nitrogens with zero attached hydrogens (tertiary/aromatic N) is 1. The number of hydrogen-bond acceptors (Lipinski definition) is 2. The van der Waals surface area contributed by atoms with Crippen molar-refractivity contribution >= 4 is 44.8 Å². The summed E-state index contributed by atoms with van der Waals surface area (Å²) in [5, 5.41) is 13.0. The van der Waals surface area contributed by atoms with Gasteiger partial charge in [0.05, 0.1) is 27.4 Å². The lowest BCUT2D eigenvalue weighted by Gasteiger charge is -2.10. The van der Waals surface area contributed by atoms with Gasteiger partial charge in [0, 0.05) is 11.0 Å². The van der Waals surface area contributed by atoms with E-state index in [1.54, 1.807) is 6.07 Å². The van der Waals surface area contributed by atoms with Gasteiger partial charge < -0.3 is 5.32 Å². The highest BCUT2D eigenvalue weighted by Gasteiger charge is 2.08. The maximum absolute atomic E-state index is 8.84. The molecule has 0 aliphatic carbocycles. The van der Waals surface area contributed by atoms with Gasteiger partial charge in [-0.25, -0.2) is 0 Å². The summed E-state index contributed by atoms with van der Waals surface area (Å²) in [5.41, 5.74) is 2.41. The molecule has 0 saturated heterocycles. The molecule has 5 heteroatoms. The van der Waals surface area contributed by atoms with Gasteiger partial charge in [0.1, 0.15) is 0 Å². The van der Waals surface area contributed by atoms with Crippen molar-refractivity contribution in [2.75, 3.05) is 5.32 Å². The zero-order valence-electron chi connectivity index (χ0n) is 9.75. The van der Waals surface area contributed by atoms with E-state index in [0.717, 1.165) is 15.7 Å². The Kier molecular flexibility index (Phi) is 4.71. The first-order chi connectivity index (χ1) is 9.11. The lowest BCUT2D eigenvalue weighted by atomic mass is 10.1. The van der Waals surface area contributed by atoms with Crippen molar-refractivity contribution in [2.45, 2.75) is 6.54 Å². The first kappa shape index (κ1) is 14.2. The Morgan fingerprint density at radius 3 is 2.68 bits per heavy atom. The maximum Gasteiger partial charge on any atom is 0.0991 e. The van der Waals surface area contributed by atoms with Gasteiger partial charge in [0.15, 0.2) is 0 Å². The van der Waals surface area contributed by atoms with Crippen LogP contribution in [-0.4, -0.2) is 0 Å². The SMILES string of the molecule is N#Cc1cccc(CNc2ccc(Br)c(Cl)c2Cl)c1. The predicted octanol–water partition coefficient (Wildman–Crippen LogP) is 5.24. The van der Waals surface area contributed by atoms with E-state index in [1.165, 1.54) is 0 Å². The van der Waals surface area contributed by atoms with Crippen LogP contribution in [0.15, 0.2) is 40.9 Å². The Balaban J connectivity index is 2.15. The molecule has 0 aliphatic rings. The molecule has 0 atom stereocenters. The Bertz CT molecular complexity index is 650. The summed E-state index contributed by atoms with van der Waals surface area (Å²) in [5.74, 6) is 0. The maximum atomic E-state index is 8.84. The summed E-state index contributed by atoms with van der Waals surface area (Å²) >= 11 is 15.5. The third kappa shape index (κ3) is 3.42. The van der Waals surface area contributed by atoms with Crippen LogP contribution in [0.4, 0.5) is 5.69 Å². The fourth-order valence-corrected chi connectivity index (χ4v) is 2.45.